The van der Waals surface area contributed by atoms with Gasteiger partial charge in [-0.3, -0.25) is 4.79 Å². The lowest BCUT2D eigenvalue weighted by Gasteiger charge is -2.29. The molecule has 0 unspecified atom stereocenters. The topological polar surface area (TPSA) is 99.4 Å². The Morgan fingerprint density at radius 1 is 1.17 bits per heavy atom. The number of aromatic nitrogens is 1. The Labute approximate surface area is 166 Å². The average molecular weight is 393 g/mol. The Balaban J connectivity index is 1.90. The Bertz CT molecular complexity index is 1180. The number of carboxylic acids is 1. The molecule has 1 aliphatic rings. The first-order chi connectivity index (χ1) is 13.7. The van der Waals surface area contributed by atoms with Gasteiger partial charge in [-0.2, -0.15) is 0 Å². The summed E-state index contributed by atoms with van der Waals surface area (Å²) in [4.78, 5) is 29.7. The van der Waals surface area contributed by atoms with E-state index in [9.17, 15) is 19.1 Å². The Hall–Kier alpha value is -3.61. The summed E-state index contributed by atoms with van der Waals surface area (Å²) in [6, 6.07) is 10.6. The van der Waals surface area contributed by atoms with E-state index in [1.807, 2.05) is 26.0 Å². The number of H-pyrrole nitrogens is 1. The second kappa shape index (κ2) is 6.48. The fourth-order valence-electron chi connectivity index (χ4n) is 3.94. The van der Waals surface area contributed by atoms with Crippen LogP contribution in [0.4, 0.5) is 10.1 Å². The van der Waals surface area contributed by atoms with E-state index in [0.29, 0.717) is 11.4 Å². The van der Waals surface area contributed by atoms with Crippen LogP contribution in [0.1, 0.15) is 35.5 Å². The van der Waals surface area contributed by atoms with Gasteiger partial charge in [-0.15, -0.1) is 0 Å². The number of amides is 1. The maximum Gasteiger partial charge on any atom is 0.339 e. The number of nitrogens with one attached hydrogen (secondary N) is 1. The second-order valence-electron chi connectivity index (χ2n) is 7.85. The van der Waals surface area contributed by atoms with Gasteiger partial charge in [0.25, 0.3) is 5.91 Å². The van der Waals surface area contributed by atoms with E-state index in [1.54, 1.807) is 6.07 Å². The van der Waals surface area contributed by atoms with Crippen molar-refractivity contribution in [2.75, 3.05) is 12.3 Å². The standard InChI is InChI=1S/C22H20FN3O3/c1-22(2)11-26(20(27)12-3-5-13(23)6-4-12)10-16(21(28)29)19-18(22)15-9-14(24)7-8-17(15)25-19/h3-10,25H,11,24H2,1-2H3,(H,28,29). The molecule has 0 spiro atoms. The van der Waals surface area contributed by atoms with Crippen molar-refractivity contribution in [2.45, 2.75) is 19.3 Å². The molecule has 0 aliphatic carbocycles. The van der Waals surface area contributed by atoms with Crippen LogP contribution >= 0.6 is 0 Å². The van der Waals surface area contributed by atoms with Gasteiger partial charge in [-0.05, 0) is 48.0 Å². The van der Waals surface area contributed by atoms with Crippen LogP contribution in [0.15, 0.2) is 48.7 Å². The molecule has 148 valence electrons. The van der Waals surface area contributed by atoms with Crippen molar-refractivity contribution in [3.63, 3.8) is 0 Å². The van der Waals surface area contributed by atoms with Crippen molar-refractivity contribution >= 4 is 34.0 Å². The first-order valence-electron chi connectivity index (χ1n) is 9.11. The zero-order chi connectivity index (χ0) is 20.9. The minimum atomic E-state index is -1.15. The third-order valence-corrected chi connectivity index (χ3v) is 5.20. The lowest BCUT2D eigenvalue weighted by atomic mass is 9.81. The van der Waals surface area contributed by atoms with Crippen molar-refractivity contribution < 1.29 is 19.1 Å². The third kappa shape index (κ3) is 3.14. The minimum absolute atomic E-state index is 0.0178. The number of hydrogen-bond acceptors (Lipinski definition) is 3. The lowest BCUT2D eigenvalue weighted by Crippen LogP contribution is -2.36. The molecule has 0 saturated heterocycles. The molecule has 0 fully saturated rings. The summed E-state index contributed by atoms with van der Waals surface area (Å²) in [5.41, 5.74) is 8.25. The second-order valence-corrected chi connectivity index (χ2v) is 7.85. The van der Waals surface area contributed by atoms with Gasteiger partial charge in [0.2, 0.25) is 0 Å². The van der Waals surface area contributed by atoms with E-state index in [2.05, 4.69) is 4.98 Å². The smallest absolute Gasteiger partial charge is 0.339 e. The van der Waals surface area contributed by atoms with Gasteiger partial charge in [0.1, 0.15) is 5.82 Å². The molecule has 0 atom stereocenters. The zero-order valence-electron chi connectivity index (χ0n) is 16.0. The highest BCUT2D eigenvalue weighted by molar-refractivity contribution is 6.17. The third-order valence-electron chi connectivity index (χ3n) is 5.20. The Morgan fingerprint density at radius 3 is 2.52 bits per heavy atom. The molecule has 0 radical (unpaired) electrons. The first-order valence-corrected chi connectivity index (χ1v) is 9.11. The molecule has 2 aromatic carbocycles. The average Bonchev–Trinajstić information content (AvgIpc) is 2.98. The number of halogens is 1. The summed E-state index contributed by atoms with van der Waals surface area (Å²) in [6.07, 6.45) is 1.35. The van der Waals surface area contributed by atoms with E-state index < -0.39 is 23.1 Å². The Morgan fingerprint density at radius 2 is 1.86 bits per heavy atom. The molecule has 7 heteroatoms. The quantitative estimate of drug-likeness (QED) is 0.578. The van der Waals surface area contributed by atoms with Gasteiger partial charge in [0.15, 0.2) is 0 Å². The van der Waals surface area contributed by atoms with Crippen LogP contribution in [-0.2, 0) is 10.2 Å². The van der Waals surface area contributed by atoms with Crippen LogP contribution in [0.5, 0.6) is 0 Å². The van der Waals surface area contributed by atoms with E-state index in [1.165, 1.54) is 35.4 Å². The van der Waals surface area contributed by atoms with Crippen LogP contribution in [0.25, 0.3) is 16.5 Å². The van der Waals surface area contributed by atoms with Crippen molar-refractivity contribution in [1.82, 2.24) is 9.88 Å². The van der Waals surface area contributed by atoms with Crippen LogP contribution < -0.4 is 5.73 Å². The normalized spacial score (nSPS) is 15.6. The van der Waals surface area contributed by atoms with E-state index in [0.717, 1.165) is 16.5 Å². The fourth-order valence-corrected chi connectivity index (χ4v) is 3.94. The first kappa shape index (κ1) is 18.7. The molecule has 1 aromatic heterocycles. The summed E-state index contributed by atoms with van der Waals surface area (Å²) in [6.45, 7) is 4.15. The van der Waals surface area contributed by atoms with Crippen LogP contribution in [-0.4, -0.2) is 33.4 Å². The maximum absolute atomic E-state index is 13.2. The number of nitrogen functional groups attached to an aromatic ring is 1. The molecule has 0 bridgehead atoms. The van der Waals surface area contributed by atoms with Crippen LogP contribution in [0.3, 0.4) is 0 Å². The number of aliphatic carboxylic acids is 1. The van der Waals surface area contributed by atoms with Crippen molar-refractivity contribution in [3.05, 3.63) is 71.3 Å². The number of anilines is 1. The fraction of sp³-hybridized carbons (Fsp3) is 0.182. The number of nitrogens with zero attached hydrogens (tertiary/aromatic N) is 1. The van der Waals surface area contributed by atoms with Crippen molar-refractivity contribution in [1.29, 1.82) is 0 Å². The van der Waals surface area contributed by atoms with Crippen LogP contribution in [0.2, 0.25) is 0 Å². The minimum Gasteiger partial charge on any atom is -0.478 e. The van der Waals surface area contributed by atoms with Crippen LogP contribution in [0, 0.1) is 5.82 Å². The highest BCUT2D eigenvalue weighted by Gasteiger charge is 2.37. The predicted octanol–water partition coefficient (Wildman–Crippen LogP) is 3.75. The molecule has 29 heavy (non-hydrogen) atoms. The van der Waals surface area contributed by atoms with E-state index in [4.69, 9.17) is 5.73 Å². The molecule has 2 heterocycles. The van der Waals surface area contributed by atoms with E-state index >= 15 is 0 Å². The summed E-state index contributed by atoms with van der Waals surface area (Å²) >= 11 is 0. The number of carbonyl (C=O) groups is 2. The van der Waals surface area contributed by atoms with Gasteiger partial charge < -0.3 is 20.7 Å². The predicted molar refractivity (Wildman–Crippen MR) is 109 cm³/mol. The number of nitrogens with two attached hydrogens (primary N) is 1. The molecule has 1 aliphatic heterocycles. The summed E-state index contributed by atoms with van der Waals surface area (Å²) < 4.78 is 13.2. The van der Waals surface area contributed by atoms with Crippen molar-refractivity contribution in [3.8, 4) is 0 Å². The highest BCUT2D eigenvalue weighted by atomic mass is 19.1. The van der Waals surface area contributed by atoms with Gasteiger partial charge >= 0.3 is 5.97 Å². The Kier molecular flexibility index (Phi) is 4.19. The van der Waals surface area contributed by atoms with E-state index in [-0.39, 0.29) is 17.7 Å². The SMILES string of the molecule is CC1(C)CN(C(=O)c2ccc(F)cc2)C=C(C(=O)O)c2[nH]c3ccc(N)cc3c21. The number of hydrogen-bond donors (Lipinski definition) is 3. The summed E-state index contributed by atoms with van der Waals surface area (Å²) in [5, 5.41) is 10.7. The van der Waals surface area contributed by atoms with Gasteiger partial charge in [0.05, 0.1) is 11.3 Å². The number of fused-ring (bicyclic) bond motifs is 3. The number of rotatable bonds is 2. The number of aromatic amines is 1. The highest BCUT2D eigenvalue weighted by Crippen LogP contribution is 2.40. The number of benzene rings is 2. The molecular weight excluding hydrogens is 373 g/mol. The molecule has 4 N–H and O–H groups in total. The summed E-state index contributed by atoms with van der Waals surface area (Å²) in [5.74, 6) is -2.00. The number of carboxylic acid groups (broad SMARTS) is 1. The molecule has 1 amide bonds. The molecular formula is C22H20FN3O3. The van der Waals surface area contributed by atoms with Crippen molar-refractivity contribution in [2.24, 2.45) is 0 Å². The maximum atomic E-state index is 13.2. The largest absolute Gasteiger partial charge is 0.478 e. The zero-order valence-corrected chi connectivity index (χ0v) is 16.0. The molecule has 6 nitrogen and oxygen atoms in total. The lowest BCUT2D eigenvalue weighted by molar-refractivity contribution is -0.130. The molecule has 3 aromatic rings. The van der Waals surface area contributed by atoms with Gasteiger partial charge in [-0.1, -0.05) is 13.8 Å². The molecule has 4 rings (SSSR count). The number of carbonyl (C=O) groups excluding carboxylic acids is 1. The molecule has 0 saturated carbocycles. The van der Waals surface area contributed by atoms with Gasteiger partial charge in [-0.25, -0.2) is 9.18 Å². The monoisotopic (exact) mass is 393 g/mol. The summed E-state index contributed by atoms with van der Waals surface area (Å²) in [7, 11) is 0. The van der Waals surface area contributed by atoms with Gasteiger partial charge in [0, 0.05) is 40.3 Å².